The topological polar surface area (TPSA) is 42.7 Å². The molecule has 0 saturated carbocycles. The van der Waals surface area contributed by atoms with Crippen molar-refractivity contribution in [1.82, 2.24) is 14.8 Å². The van der Waals surface area contributed by atoms with Gasteiger partial charge < -0.3 is 9.88 Å². The fraction of sp³-hybridized carbons (Fsp3) is 0.333. The van der Waals surface area contributed by atoms with Crippen LogP contribution in [0.1, 0.15) is 11.4 Å². The number of rotatable bonds is 4. The third kappa shape index (κ3) is 3.25. The molecule has 0 unspecified atom stereocenters. The molecule has 0 fully saturated rings. The molecule has 0 aliphatic rings. The van der Waals surface area contributed by atoms with Crippen LogP contribution in [0.25, 0.3) is 0 Å². The maximum absolute atomic E-state index is 13.5. The fourth-order valence-electron chi connectivity index (χ4n) is 1.68. The number of hydrogen-bond donors (Lipinski definition) is 1. The fourth-order valence-corrected chi connectivity index (χ4v) is 1.68. The first-order valence-electron chi connectivity index (χ1n) is 5.81. The number of benzene rings is 1. The quantitative estimate of drug-likeness (QED) is 0.879. The van der Waals surface area contributed by atoms with Crippen LogP contribution < -0.4 is 5.32 Å². The average Bonchev–Trinajstić information content (AvgIpc) is 2.76. The van der Waals surface area contributed by atoms with Gasteiger partial charge in [-0.2, -0.15) is 13.2 Å². The highest BCUT2D eigenvalue weighted by atomic mass is 19.4. The maximum atomic E-state index is 13.5. The average molecular weight is 288 g/mol. The number of anilines is 1. The Morgan fingerprint density at radius 1 is 1.30 bits per heavy atom. The van der Waals surface area contributed by atoms with Crippen molar-refractivity contribution >= 4 is 5.69 Å². The summed E-state index contributed by atoms with van der Waals surface area (Å²) in [6.07, 6.45) is -2.52. The van der Waals surface area contributed by atoms with Gasteiger partial charge in [0.25, 0.3) is 0 Å². The van der Waals surface area contributed by atoms with Gasteiger partial charge in [0.05, 0.1) is 11.3 Å². The predicted molar refractivity (Wildman–Crippen MR) is 64.6 cm³/mol. The summed E-state index contributed by atoms with van der Waals surface area (Å²) in [5.41, 5.74) is -0.978. The van der Waals surface area contributed by atoms with Crippen LogP contribution >= 0.6 is 0 Å². The third-order valence-electron chi connectivity index (χ3n) is 2.77. The van der Waals surface area contributed by atoms with E-state index in [0.29, 0.717) is 24.9 Å². The summed E-state index contributed by atoms with van der Waals surface area (Å²) in [5, 5.41) is 10.3. The zero-order valence-electron chi connectivity index (χ0n) is 10.6. The second kappa shape index (κ2) is 5.48. The van der Waals surface area contributed by atoms with Crippen molar-refractivity contribution in [2.75, 3.05) is 11.9 Å². The van der Waals surface area contributed by atoms with E-state index in [0.717, 1.165) is 12.1 Å². The van der Waals surface area contributed by atoms with Crippen LogP contribution in [0, 0.1) is 5.82 Å². The second-order valence-electron chi connectivity index (χ2n) is 4.23. The molecule has 0 aliphatic heterocycles. The lowest BCUT2D eigenvalue weighted by Gasteiger charge is -2.10. The van der Waals surface area contributed by atoms with Gasteiger partial charge in [0.1, 0.15) is 18.0 Å². The zero-order chi connectivity index (χ0) is 14.8. The van der Waals surface area contributed by atoms with E-state index in [4.69, 9.17) is 0 Å². The van der Waals surface area contributed by atoms with Crippen LogP contribution in [0.4, 0.5) is 23.2 Å². The molecule has 2 aromatic rings. The summed E-state index contributed by atoms with van der Waals surface area (Å²) in [6, 6.07) is 2.40. The van der Waals surface area contributed by atoms with Gasteiger partial charge in [-0.1, -0.05) is 0 Å². The molecular weight excluding hydrogens is 276 g/mol. The molecule has 108 valence electrons. The number of aryl methyl sites for hydroxylation is 1. The van der Waals surface area contributed by atoms with Crippen LogP contribution in [0.15, 0.2) is 24.5 Å². The number of halogens is 4. The highest BCUT2D eigenvalue weighted by molar-refractivity contribution is 5.46. The molecule has 20 heavy (non-hydrogen) atoms. The predicted octanol–water partition coefficient (Wildman–Crippen LogP) is 2.63. The van der Waals surface area contributed by atoms with E-state index in [1.54, 1.807) is 11.6 Å². The monoisotopic (exact) mass is 288 g/mol. The summed E-state index contributed by atoms with van der Waals surface area (Å²) >= 11 is 0. The Labute approximate surface area is 112 Å². The van der Waals surface area contributed by atoms with Gasteiger partial charge in [0.15, 0.2) is 0 Å². The van der Waals surface area contributed by atoms with E-state index in [9.17, 15) is 17.6 Å². The van der Waals surface area contributed by atoms with Gasteiger partial charge in [-0.25, -0.2) is 4.39 Å². The smallest absolute Gasteiger partial charge is 0.382 e. The molecule has 0 radical (unpaired) electrons. The lowest BCUT2D eigenvalue weighted by molar-refractivity contribution is -0.137. The molecule has 0 saturated heterocycles. The van der Waals surface area contributed by atoms with E-state index >= 15 is 0 Å². The number of aromatic nitrogens is 3. The lowest BCUT2D eigenvalue weighted by Crippen LogP contribution is -2.11. The number of hydrogen-bond acceptors (Lipinski definition) is 3. The maximum Gasteiger partial charge on any atom is 0.416 e. The van der Waals surface area contributed by atoms with E-state index in [-0.39, 0.29) is 5.69 Å². The van der Waals surface area contributed by atoms with Crippen LogP contribution in [-0.2, 0) is 19.6 Å². The van der Waals surface area contributed by atoms with Crippen LogP contribution in [0.5, 0.6) is 0 Å². The summed E-state index contributed by atoms with van der Waals surface area (Å²) in [6.45, 7) is 0.342. The molecule has 4 nitrogen and oxygen atoms in total. The first-order chi connectivity index (χ1) is 9.38. The van der Waals surface area contributed by atoms with Crippen molar-refractivity contribution in [3.05, 3.63) is 41.7 Å². The Bertz CT molecular complexity index is 591. The highest BCUT2D eigenvalue weighted by Crippen LogP contribution is 2.31. The second-order valence-corrected chi connectivity index (χ2v) is 4.23. The molecule has 1 N–H and O–H groups in total. The van der Waals surface area contributed by atoms with Gasteiger partial charge in [-0.05, 0) is 18.2 Å². The molecule has 8 heteroatoms. The molecule has 0 aliphatic carbocycles. The van der Waals surface area contributed by atoms with Crippen molar-refractivity contribution < 1.29 is 17.6 Å². The standard InChI is InChI=1S/C12H12F4N4/c1-20-7-18-19-11(20)4-5-17-10-3-2-8(6-9(10)13)12(14,15)16/h2-3,6-7,17H,4-5H2,1H3. The molecule has 1 aromatic carbocycles. The Balaban J connectivity index is 1.98. The molecule has 0 atom stereocenters. The SMILES string of the molecule is Cn1cnnc1CCNc1ccc(C(F)(F)F)cc1F. The van der Waals surface area contributed by atoms with Crippen molar-refractivity contribution in [2.45, 2.75) is 12.6 Å². The summed E-state index contributed by atoms with van der Waals surface area (Å²) < 4.78 is 52.4. The Hall–Kier alpha value is -2.12. The van der Waals surface area contributed by atoms with Gasteiger partial charge in [-0.3, -0.25) is 0 Å². The minimum atomic E-state index is -4.54. The van der Waals surface area contributed by atoms with Gasteiger partial charge in [0.2, 0.25) is 0 Å². The van der Waals surface area contributed by atoms with Crippen LogP contribution in [-0.4, -0.2) is 21.3 Å². The van der Waals surface area contributed by atoms with Crippen molar-refractivity contribution in [3.8, 4) is 0 Å². The molecule has 1 aromatic heterocycles. The summed E-state index contributed by atoms with van der Waals surface area (Å²) in [4.78, 5) is 0. The molecule has 2 rings (SSSR count). The van der Waals surface area contributed by atoms with Crippen molar-refractivity contribution in [1.29, 1.82) is 0 Å². The van der Waals surface area contributed by atoms with Crippen LogP contribution in [0.2, 0.25) is 0 Å². The molecule has 0 spiro atoms. The van der Waals surface area contributed by atoms with Crippen LogP contribution in [0.3, 0.4) is 0 Å². The van der Waals surface area contributed by atoms with E-state index in [2.05, 4.69) is 15.5 Å². The molecule has 0 bridgehead atoms. The zero-order valence-corrected chi connectivity index (χ0v) is 10.6. The molecule has 1 heterocycles. The van der Waals surface area contributed by atoms with E-state index < -0.39 is 17.6 Å². The summed E-state index contributed by atoms with van der Waals surface area (Å²) in [5.74, 6) is -0.234. The molecular formula is C12H12F4N4. The Morgan fingerprint density at radius 2 is 2.05 bits per heavy atom. The lowest BCUT2D eigenvalue weighted by atomic mass is 10.2. The minimum Gasteiger partial charge on any atom is -0.382 e. The first-order valence-corrected chi connectivity index (χ1v) is 5.81. The van der Waals surface area contributed by atoms with Gasteiger partial charge in [-0.15, -0.1) is 10.2 Å². The first kappa shape index (κ1) is 14.3. The largest absolute Gasteiger partial charge is 0.416 e. The number of nitrogens with one attached hydrogen (secondary N) is 1. The Kier molecular flexibility index (Phi) is 3.91. The van der Waals surface area contributed by atoms with E-state index in [1.165, 1.54) is 6.33 Å². The van der Waals surface area contributed by atoms with Gasteiger partial charge >= 0.3 is 6.18 Å². The number of alkyl halides is 3. The highest BCUT2D eigenvalue weighted by Gasteiger charge is 2.31. The molecule has 0 amide bonds. The Morgan fingerprint density at radius 3 is 2.60 bits per heavy atom. The van der Waals surface area contributed by atoms with Crippen molar-refractivity contribution in [2.24, 2.45) is 7.05 Å². The summed E-state index contributed by atoms with van der Waals surface area (Å²) in [7, 11) is 1.77. The third-order valence-corrected chi connectivity index (χ3v) is 2.77. The minimum absolute atomic E-state index is 0.0279. The number of nitrogens with zero attached hydrogens (tertiary/aromatic N) is 3. The normalized spacial score (nSPS) is 11.7. The van der Waals surface area contributed by atoms with E-state index in [1.807, 2.05) is 0 Å². The van der Waals surface area contributed by atoms with Crippen molar-refractivity contribution in [3.63, 3.8) is 0 Å². The van der Waals surface area contributed by atoms with Gasteiger partial charge in [0, 0.05) is 20.0 Å².